The molecule has 1 saturated heterocycles. The van der Waals surface area contributed by atoms with Gasteiger partial charge in [0.15, 0.2) is 6.10 Å². The van der Waals surface area contributed by atoms with Crippen LogP contribution in [0.15, 0.2) is 30.3 Å². The van der Waals surface area contributed by atoms with Gasteiger partial charge in [-0.3, -0.25) is 14.4 Å². The van der Waals surface area contributed by atoms with E-state index < -0.39 is 11.5 Å². The normalized spacial score (nSPS) is 16.7. The third kappa shape index (κ3) is 5.31. The summed E-state index contributed by atoms with van der Waals surface area (Å²) in [6.45, 7) is 8.32. The van der Waals surface area contributed by atoms with Crippen LogP contribution in [0.2, 0.25) is 0 Å². The topological polar surface area (TPSA) is 75.7 Å². The second-order valence-corrected chi connectivity index (χ2v) is 7.75. The predicted octanol–water partition coefficient (Wildman–Crippen LogP) is 2.84. The van der Waals surface area contributed by atoms with Gasteiger partial charge in [0, 0.05) is 24.2 Å². The van der Waals surface area contributed by atoms with Gasteiger partial charge in [-0.15, -0.1) is 0 Å². The highest BCUT2D eigenvalue weighted by atomic mass is 16.5. The number of anilines is 1. The lowest BCUT2D eigenvalue weighted by Crippen LogP contribution is -2.45. The van der Waals surface area contributed by atoms with Crippen LogP contribution in [-0.2, 0) is 19.1 Å². The molecule has 1 aliphatic rings. The maximum absolute atomic E-state index is 12.3. The average Bonchev–Trinajstić information content (AvgIpc) is 2.61. The van der Waals surface area contributed by atoms with Crippen LogP contribution >= 0.6 is 0 Å². The quantitative estimate of drug-likeness (QED) is 0.838. The highest BCUT2D eigenvalue weighted by molar-refractivity contribution is 5.95. The van der Waals surface area contributed by atoms with Crippen LogP contribution in [0.5, 0.6) is 0 Å². The molecule has 142 valence electrons. The number of nitrogens with one attached hydrogen (secondary N) is 1. The summed E-state index contributed by atoms with van der Waals surface area (Å²) in [5.74, 6) is -0.903. The summed E-state index contributed by atoms with van der Waals surface area (Å²) in [4.78, 5) is 38.6. The fourth-order valence-electron chi connectivity index (χ4n) is 2.88. The zero-order valence-corrected chi connectivity index (χ0v) is 16.0. The number of piperidine rings is 1. The summed E-state index contributed by atoms with van der Waals surface area (Å²) in [6.07, 6.45) is 0.262. The molecular weight excluding hydrogens is 332 g/mol. The Morgan fingerprint density at radius 3 is 2.23 bits per heavy atom. The maximum atomic E-state index is 12.3. The van der Waals surface area contributed by atoms with E-state index >= 15 is 0 Å². The fraction of sp³-hybridized carbons (Fsp3) is 0.550. The molecule has 0 saturated carbocycles. The van der Waals surface area contributed by atoms with Crippen molar-refractivity contribution < 1.29 is 19.1 Å². The molecule has 1 heterocycles. The molecule has 6 heteroatoms. The molecule has 0 aromatic heterocycles. The minimum Gasteiger partial charge on any atom is -0.452 e. The van der Waals surface area contributed by atoms with Gasteiger partial charge >= 0.3 is 5.97 Å². The minimum absolute atomic E-state index is 0.0972. The van der Waals surface area contributed by atoms with Gasteiger partial charge < -0.3 is 15.0 Å². The fourth-order valence-corrected chi connectivity index (χ4v) is 2.88. The lowest BCUT2D eigenvalue weighted by molar-refractivity contribution is -0.160. The zero-order valence-electron chi connectivity index (χ0n) is 16.0. The molecule has 1 aromatic rings. The Kier molecular flexibility index (Phi) is 6.40. The van der Waals surface area contributed by atoms with E-state index in [4.69, 9.17) is 4.74 Å². The van der Waals surface area contributed by atoms with Crippen molar-refractivity contribution in [1.82, 2.24) is 4.90 Å². The van der Waals surface area contributed by atoms with Crippen LogP contribution in [0.3, 0.4) is 0 Å². The third-order valence-corrected chi connectivity index (χ3v) is 4.46. The van der Waals surface area contributed by atoms with Crippen molar-refractivity contribution in [1.29, 1.82) is 0 Å². The third-order valence-electron chi connectivity index (χ3n) is 4.46. The number of carbonyl (C=O) groups is 3. The van der Waals surface area contributed by atoms with E-state index in [1.54, 1.807) is 24.0 Å². The van der Waals surface area contributed by atoms with Crippen LogP contribution in [-0.4, -0.2) is 41.9 Å². The molecule has 26 heavy (non-hydrogen) atoms. The first kappa shape index (κ1) is 19.9. The van der Waals surface area contributed by atoms with Crippen molar-refractivity contribution in [3.63, 3.8) is 0 Å². The van der Waals surface area contributed by atoms with Crippen LogP contribution in [0.1, 0.15) is 40.5 Å². The Bertz CT molecular complexity index is 644. The van der Waals surface area contributed by atoms with Crippen molar-refractivity contribution >= 4 is 23.5 Å². The molecule has 6 nitrogen and oxygen atoms in total. The second kappa shape index (κ2) is 8.34. The van der Waals surface area contributed by atoms with Crippen LogP contribution < -0.4 is 5.32 Å². The Morgan fingerprint density at radius 1 is 1.12 bits per heavy atom. The molecule has 0 aliphatic carbocycles. The number of esters is 1. The van der Waals surface area contributed by atoms with Gasteiger partial charge in [-0.05, 0) is 31.9 Å². The second-order valence-electron chi connectivity index (χ2n) is 7.75. The molecule has 1 unspecified atom stereocenters. The Morgan fingerprint density at radius 2 is 1.69 bits per heavy atom. The smallest absolute Gasteiger partial charge is 0.309 e. The first-order valence-corrected chi connectivity index (χ1v) is 9.04. The lowest BCUT2D eigenvalue weighted by atomic mass is 9.91. The summed E-state index contributed by atoms with van der Waals surface area (Å²) < 4.78 is 5.33. The van der Waals surface area contributed by atoms with Gasteiger partial charge in [-0.1, -0.05) is 39.0 Å². The number of rotatable bonds is 4. The Labute approximate surface area is 154 Å². The number of ether oxygens (including phenoxy) is 1. The molecule has 1 aliphatic heterocycles. The molecule has 2 amide bonds. The number of carbonyl (C=O) groups excluding carboxylic acids is 3. The highest BCUT2D eigenvalue weighted by Gasteiger charge is 2.33. The first-order valence-electron chi connectivity index (χ1n) is 9.04. The number of amides is 2. The van der Waals surface area contributed by atoms with Crippen molar-refractivity contribution in [3.8, 4) is 0 Å². The van der Waals surface area contributed by atoms with Crippen LogP contribution in [0.4, 0.5) is 5.69 Å². The summed E-state index contributed by atoms with van der Waals surface area (Å²) >= 11 is 0. The molecule has 0 bridgehead atoms. The van der Waals surface area contributed by atoms with E-state index in [1.807, 2.05) is 39.0 Å². The summed E-state index contributed by atoms with van der Waals surface area (Å²) in [5, 5.41) is 2.72. The molecule has 1 aromatic carbocycles. The van der Waals surface area contributed by atoms with Crippen molar-refractivity contribution in [2.45, 2.75) is 46.6 Å². The summed E-state index contributed by atoms with van der Waals surface area (Å²) in [5.41, 5.74) is 0.242. The number of hydrogen-bond donors (Lipinski definition) is 1. The van der Waals surface area contributed by atoms with Crippen molar-refractivity contribution in [3.05, 3.63) is 30.3 Å². The number of para-hydroxylation sites is 1. The number of likely N-dealkylation sites (tertiary alicyclic amines) is 1. The molecule has 1 N–H and O–H groups in total. The van der Waals surface area contributed by atoms with E-state index in [9.17, 15) is 14.4 Å². The minimum atomic E-state index is -0.864. The van der Waals surface area contributed by atoms with E-state index in [1.165, 1.54) is 0 Å². The predicted molar refractivity (Wildman–Crippen MR) is 99.4 cm³/mol. The molecule has 0 spiro atoms. The molecule has 2 rings (SSSR count). The standard InChI is InChI=1S/C20H28N2O4/c1-14(17(23)21-16-8-6-5-7-9-16)26-18(24)15-10-12-22(13-11-15)19(25)20(2,3)4/h5-9,14-15H,10-13H2,1-4H3,(H,21,23). The number of nitrogens with zero attached hydrogens (tertiary/aromatic N) is 1. The van der Waals surface area contributed by atoms with Crippen LogP contribution in [0.25, 0.3) is 0 Å². The molecule has 0 radical (unpaired) electrons. The van der Waals surface area contributed by atoms with E-state index in [-0.39, 0.29) is 23.7 Å². The number of hydrogen-bond acceptors (Lipinski definition) is 4. The van der Waals surface area contributed by atoms with E-state index in [0.717, 1.165) is 0 Å². The van der Waals surface area contributed by atoms with Gasteiger partial charge in [0.1, 0.15) is 0 Å². The average molecular weight is 360 g/mol. The van der Waals surface area contributed by atoms with E-state index in [0.29, 0.717) is 31.6 Å². The van der Waals surface area contributed by atoms with Gasteiger partial charge in [0.2, 0.25) is 5.91 Å². The van der Waals surface area contributed by atoms with Gasteiger partial charge in [-0.25, -0.2) is 0 Å². The lowest BCUT2D eigenvalue weighted by Gasteiger charge is -2.35. The van der Waals surface area contributed by atoms with Crippen LogP contribution in [0, 0.1) is 11.3 Å². The largest absolute Gasteiger partial charge is 0.452 e. The summed E-state index contributed by atoms with van der Waals surface area (Å²) in [7, 11) is 0. The number of benzene rings is 1. The monoisotopic (exact) mass is 360 g/mol. The van der Waals surface area contributed by atoms with Gasteiger partial charge in [-0.2, -0.15) is 0 Å². The first-order chi connectivity index (χ1) is 12.2. The Balaban J connectivity index is 1.81. The van der Waals surface area contributed by atoms with Gasteiger partial charge in [0.25, 0.3) is 5.91 Å². The zero-order chi connectivity index (χ0) is 19.3. The van der Waals surface area contributed by atoms with E-state index in [2.05, 4.69) is 5.32 Å². The SMILES string of the molecule is CC(OC(=O)C1CCN(C(=O)C(C)(C)C)CC1)C(=O)Nc1ccccc1. The highest BCUT2D eigenvalue weighted by Crippen LogP contribution is 2.24. The molecular formula is C20H28N2O4. The van der Waals surface area contributed by atoms with Crippen molar-refractivity contribution in [2.75, 3.05) is 18.4 Å². The summed E-state index contributed by atoms with van der Waals surface area (Å²) in [6, 6.07) is 9.04. The molecule has 1 atom stereocenters. The van der Waals surface area contributed by atoms with Gasteiger partial charge in [0.05, 0.1) is 5.92 Å². The molecule has 1 fully saturated rings. The van der Waals surface area contributed by atoms with Crippen molar-refractivity contribution in [2.24, 2.45) is 11.3 Å². The Hall–Kier alpha value is -2.37. The maximum Gasteiger partial charge on any atom is 0.309 e.